The normalized spacial score (nSPS) is 12.2. The van der Waals surface area contributed by atoms with Gasteiger partial charge in [0.05, 0.1) is 5.69 Å². The van der Waals surface area contributed by atoms with Gasteiger partial charge < -0.3 is 5.32 Å². The Morgan fingerprint density at radius 2 is 2.24 bits per heavy atom. The number of alkyl halides is 1. The van der Waals surface area contributed by atoms with Gasteiger partial charge in [-0.15, -0.1) is 11.6 Å². The molecular formula is C13H16ClN5O2. The summed E-state index contributed by atoms with van der Waals surface area (Å²) in [6.45, 7) is 5.25. The molecule has 1 amide bonds. The third-order valence-electron chi connectivity index (χ3n) is 2.79. The summed E-state index contributed by atoms with van der Waals surface area (Å²) in [6.07, 6.45) is 0.623. The number of rotatable bonds is 4. The first kappa shape index (κ1) is 15.2. The second-order valence-corrected chi connectivity index (χ2v) is 5.26. The first-order valence-electron chi connectivity index (χ1n) is 6.53. The molecule has 0 aliphatic heterocycles. The molecule has 0 fully saturated rings. The Balaban J connectivity index is 2.47. The minimum Gasteiger partial charge on any atom is -0.309 e. The van der Waals surface area contributed by atoms with Crippen molar-refractivity contribution in [2.75, 3.05) is 5.32 Å². The van der Waals surface area contributed by atoms with Crippen LogP contribution in [0.4, 0.5) is 5.82 Å². The van der Waals surface area contributed by atoms with Gasteiger partial charge in [0.15, 0.2) is 0 Å². The molecule has 0 aliphatic rings. The Morgan fingerprint density at radius 3 is 2.86 bits per heavy atom. The van der Waals surface area contributed by atoms with Crippen LogP contribution in [0.15, 0.2) is 16.9 Å². The van der Waals surface area contributed by atoms with Gasteiger partial charge in [0.1, 0.15) is 11.2 Å². The summed E-state index contributed by atoms with van der Waals surface area (Å²) in [6, 6.07) is 3.11. The average Bonchev–Trinajstić information content (AvgIpc) is 2.78. The van der Waals surface area contributed by atoms with Crippen LogP contribution in [0.5, 0.6) is 0 Å². The van der Waals surface area contributed by atoms with Crippen LogP contribution in [0.3, 0.4) is 0 Å². The van der Waals surface area contributed by atoms with E-state index in [2.05, 4.69) is 20.4 Å². The minimum atomic E-state index is -0.678. The number of H-pyrrole nitrogens is 1. The van der Waals surface area contributed by atoms with Crippen molar-refractivity contribution in [1.29, 1.82) is 0 Å². The number of aromatic nitrogens is 4. The molecule has 0 bridgehead atoms. The maximum atomic E-state index is 11.7. The molecule has 8 heteroatoms. The lowest BCUT2D eigenvalue weighted by Crippen LogP contribution is -2.23. The highest BCUT2D eigenvalue weighted by molar-refractivity contribution is 6.32. The molecule has 2 heterocycles. The summed E-state index contributed by atoms with van der Waals surface area (Å²) >= 11 is 5.74. The lowest BCUT2D eigenvalue weighted by atomic mass is 10.3. The molecule has 0 radical (unpaired) electrons. The van der Waals surface area contributed by atoms with E-state index in [0.29, 0.717) is 23.6 Å². The van der Waals surface area contributed by atoms with Crippen LogP contribution >= 0.6 is 11.6 Å². The number of aromatic amines is 1. The zero-order chi connectivity index (χ0) is 15.6. The van der Waals surface area contributed by atoms with Gasteiger partial charge in [0, 0.05) is 17.8 Å². The standard InChI is InChI=1S/C13H16ClN5O2/c1-4-9-6-11(20)17-13(15-9)19-10(5-7(2)18-19)16-12(21)8(3)14/h5-6,8H,4H2,1-3H3,(H,16,21)(H,15,17,20). The molecule has 0 aromatic carbocycles. The van der Waals surface area contributed by atoms with Gasteiger partial charge >= 0.3 is 0 Å². The maximum absolute atomic E-state index is 11.7. The van der Waals surface area contributed by atoms with E-state index < -0.39 is 5.38 Å². The topological polar surface area (TPSA) is 92.7 Å². The number of amides is 1. The molecule has 21 heavy (non-hydrogen) atoms. The summed E-state index contributed by atoms with van der Waals surface area (Å²) in [5.41, 5.74) is 1.05. The Labute approximate surface area is 126 Å². The van der Waals surface area contributed by atoms with Crippen molar-refractivity contribution >= 4 is 23.3 Å². The van der Waals surface area contributed by atoms with Crippen molar-refractivity contribution in [3.63, 3.8) is 0 Å². The van der Waals surface area contributed by atoms with Crippen LogP contribution in [0, 0.1) is 6.92 Å². The summed E-state index contributed by atoms with van der Waals surface area (Å²) in [4.78, 5) is 30.3. The van der Waals surface area contributed by atoms with E-state index in [9.17, 15) is 9.59 Å². The molecular weight excluding hydrogens is 294 g/mol. The largest absolute Gasteiger partial charge is 0.309 e. The number of anilines is 1. The second kappa shape index (κ2) is 6.09. The Bertz CT molecular complexity index is 720. The van der Waals surface area contributed by atoms with Crippen molar-refractivity contribution < 1.29 is 4.79 Å². The highest BCUT2D eigenvalue weighted by Crippen LogP contribution is 2.15. The van der Waals surface area contributed by atoms with Gasteiger partial charge in [0.25, 0.3) is 5.56 Å². The van der Waals surface area contributed by atoms with E-state index in [1.807, 2.05) is 6.92 Å². The van der Waals surface area contributed by atoms with Crippen LogP contribution in [0.1, 0.15) is 25.2 Å². The SMILES string of the molecule is CCc1cc(=O)[nH]c(-n2nc(C)cc2NC(=O)C(C)Cl)n1. The number of carbonyl (C=O) groups excluding carboxylic acids is 1. The Kier molecular flexibility index (Phi) is 4.42. The van der Waals surface area contributed by atoms with E-state index in [1.165, 1.54) is 10.7 Å². The molecule has 7 nitrogen and oxygen atoms in total. The number of nitrogens with zero attached hydrogens (tertiary/aromatic N) is 3. The third-order valence-corrected chi connectivity index (χ3v) is 2.99. The smallest absolute Gasteiger partial charge is 0.252 e. The molecule has 0 saturated carbocycles. The number of hydrogen-bond donors (Lipinski definition) is 2. The zero-order valence-corrected chi connectivity index (χ0v) is 12.7. The molecule has 0 spiro atoms. The second-order valence-electron chi connectivity index (χ2n) is 4.60. The van der Waals surface area contributed by atoms with Gasteiger partial charge in [-0.05, 0) is 20.3 Å². The van der Waals surface area contributed by atoms with Crippen LogP contribution in [-0.2, 0) is 11.2 Å². The van der Waals surface area contributed by atoms with Crippen LogP contribution in [-0.4, -0.2) is 31.0 Å². The summed E-state index contributed by atoms with van der Waals surface area (Å²) < 4.78 is 1.38. The molecule has 1 unspecified atom stereocenters. The van der Waals surface area contributed by atoms with E-state index >= 15 is 0 Å². The predicted molar refractivity (Wildman–Crippen MR) is 80.0 cm³/mol. The van der Waals surface area contributed by atoms with Gasteiger partial charge in [-0.1, -0.05) is 6.92 Å². The summed E-state index contributed by atoms with van der Waals surface area (Å²) in [7, 11) is 0. The Hall–Kier alpha value is -2.15. The van der Waals surface area contributed by atoms with Crippen LogP contribution in [0.2, 0.25) is 0 Å². The molecule has 2 rings (SSSR count). The lowest BCUT2D eigenvalue weighted by Gasteiger charge is -2.09. The third kappa shape index (κ3) is 3.49. The van der Waals surface area contributed by atoms with E-state index in [1.54, 1.807) is 19.9 Å². The highest BCUT2D eigenvalue weighted by Gasteiger charge is 2.15. The number of halogens is 1. The first-order valence-corrected chi connectivity index (χ1v) is 6.96. The minimum absolute atomic E-state index is 0.255. The lowest BCUT2D eigenvalue weighted by molar-refractivity contribution is -0.115. The monoisotopic (exact) mass is 309 g/mol. The number of aryl methyl sites for hydroxylation is 2. The van der Waals surface area contributed by atoms with Crippen molar-refractivity contribution in [2.45, 2.75) is 32.6 Å². The van der Waals surface area contributed by atoms with E-state index in [0.717, 1.165) is 0 Å². The van der Waals surface area contributed by atoms with Crippen LogP contribution in [0.25, 0.3) is 5.95 Å². The molecule has 0 aliphatic carbocycles. The quantitative estimate of drug-likeness (QED) is 0.835. The fourth-order valence-electron chi connectivity index (χ4n) is 1.75. The van der Waals surface area contributed by atoms with Gasteiger partial charge in [-0.25, -0.2) is 4.98 Å². The number of carbonyl (C=O) groups is 1. The van der Waals surface area contributed by atoms with E-state index in [4.69, 9.17) is 11.6 Å². The maximum Gasteiger partial charge on any atom is 0.252 e. The molecule has 2 N–H and O–H groups in total. The highest BCUT2D eigenvalue weighted by atomic mass is 35.5. The fraction of sp³-hybridized carbons (Fsp3) is 0.385. The van der Waals surface area contributed by atoms with Gasteiger partial charge in [-0.3, -0.25) is 14.6 Å². The molecule has 0 saturated heterocycles. The van der Waals surface area contributed by atoms with E-state index in [-0.39, 0.29) is 17.4 Å². The van der Waals surface area contributed by atoms with Crippen LogP contribution < -0.4 is 10.9 Å². The number of nitrogens with one attached hydrogen (secondary N) is 2. The summed E-state index contributed by atoms with van der Waals surface area (Å²) in [5, 5.41) is 6.21. The molecule has 2 aromatic rings. The van der Waals surface area contributed by atoms with Crippen molar-refractivity contribution in [2.24, 2.45) is 0 Å². The number of hydrogen-bond acceptors (Lipinski definition) is 4. The molecule has 2 aromatic heterocycles. The first-order chi connectivity index (χ1) is 9.90. The predicted octanol–water partition coefficient (Wildman–Crippen LogP) is 1.39. The van der Waals surface area contributed by atoms with Crippen molar-refractivity contribution in [3.05, 3.63) is 33.9 Å². The summed E-state index contributed by atoms with van der Waals surface area (Å²) in [5.74, 6) is 0.304. The average molecular weight is 310 g/mol. The van der Waals surface area contributed by atoms with Gasteiger partial charge in [0.2, 0.25) is 11.9 Å². The fourth-order valence-corrected chi connectivity index (χ4v) is 1.81. The van der Waals surface area contributed by atoms with Crippen molar-refractivity contribution in [3.8, 4) is 5.95 Å². The Morgan fingerprint density at radius 1 is 1.52 bits per heavy atom. The zero-order valence-electron chi connectivity index (χ0n) is 12.0. The van der Waals surface area contributed by atoms with Gasteiger partial charge in [-0.2, -0.15) is 9.78 Å². The van der Waals surface area contributed by atoms with Crippen molar-refractivity contribution in [1.82, 2.24) is 19.7 Å². The molecule has 1 atom stereocenters. The molecule has 112 valence electrons.